The summed E-state index contributed by atoms with van der Waals surface area (Å²) in [6, 6.07) is 2.42. The predicted octanol–water partition coefficient (Wildman–Crippen LogP) is 1.10. The summed E-state index contributed by atoms with van der Waals surface area (Å²) in [6.45, 7) is 5.26. The van der Waals surface area contributed by atoms with Crippen molar-refractivity contribution in [3.05, 3.63) is 23.9 Å². The van der Waals surface area contributed by atoms with Gasteiger partial charge in [-0.05, 0) is 32.9 Å². The van der Waals surface area contributed by atoms with Crippen LogP contribution in [0.4, 0.5) is 5.82 Å². The molecule has 0 saturated heterocycles. The van der Waals surface area contributed by atoms with Gasteiger partial charge in [0.15, 0.2) is 0 Å². The molecule has 0 radical (unpaired) electrons. The highest BCUT2D eigenvalue weighted by molar-refractivity contribution is 6.00. The fraction of sp³-hybridized carbons (Fsp3) is 0.417. The molecule has 0 fully saturated rings. The molecule has 0 saturated carbocycles. The van der Waals surface area contributed by atoms with Gasteiger partial charge >= 0.3 is 5.97 Å². The van der Waals surface area contributed by atoms with Crippen LogP contribution in [0.15, 0.2) is 18.3 Å². The number of carbonyl (C=O) groups excluding carboxylic acids is 1. The maximum atomic E-state index is 11.9. The van der Waals surface area contributed by atoms with Gasteiger partial charge in [0.2, 0.25) is 0 Å². The van der Waals surface area contributed by atoms with Gasteiger partial charge in [-0.15, -0.1) is 0 Å². The van der Waals surface area contributed by atoms with Crippen molar-refractivity contribution in [2.24, 2.45) is 0 Å². The highest BCUT2D eigenvalue weighted by atomic mass is 16.4. The fourth-order valence-corrected chi connectivity index (χ4v) is 1.31. The van der Waals surface area contributed by atoms with E-state index in [1.165, 1.54) is 6.92 Å². The third-order valence-electron chi connectivity index (χ3n) is 2.20. The molecule has 1 atom stereocenters. The number of hydrogen-bond acceptors (Lipinski definition) is 4. The first kappa shape index (κ1) is 14.0. The number of aliphatic carboxylic acids is 1. The van der Waals surface area contributed by atoms with Crippen LogP contribution >= 0.6 is 0 Å². The summed E-state index contributed by atoms with van der Waals surface area (Å²) in [6.07, 6.45) is 1.57. The Morgan fingerprint density at radius 2 is 2.00 bits per heavy atom. The van der Waals surface area contributed by atoms with Crippen LogP contribution < -0.4 is 10.6 Å². The number of hydrogen-bond donors (Lipinski definition) is 3. The Bertz CT molecular complexity index is 446. The van der Waals surface area contributed by atoms with Gasteiger partial charge in [-0.2, -0.15) is 0 Å². The van der Waals surface area contributed by atoms with Gasteiger partial charge in [0.1, 0.15) is 11.9 Å². The van der Waals surface area contributed by atoms with Gasteiger partial charge in [0, 0.05) is 12.2 Å². The van der Waals surface area contributed by atoms with Gasteiger partial charge < -0.3 is 15.7 Å². The second kappa shape index (κ2) is 6.00. The maximum Gasteiger partial charge on any atom is 0.325 e. The lowest BCUT2D eigenvalue weighted by Gasteiger charge is -2.14. The van der Waals surface area contributed by atoms with E-state index in [2.05, 4.69) is 15.6 Å². The molecule has 6 heteroatoms. The molecule has 98 valence electrons. The van der Waals surface area contributed by atoms with E-state index in [-0.39, 0.29) is 6.04 Å². The van der Waals surface area contributed by atoms with Crippen molar-refractivity contribution in [3.63, 3.8) is 0 Å². The summed E-state index contributed by atoms with van der Waals surface area (Å²) in [5, 5.41) is 14.2. The van der Waals surface area contributed by atoms with Crippen LogP contribution in [-0.4, -0.2) is 34.1 Å². The Kier molecular flexibility index (Phi) is 4.65. The molecule has 1 unspecified atom stereocenters. The average Bonchev–Trinajstić information content (AvgIpc) is 2.28. The van der Waals surface area contributed by atoms with E-state index in [9.17, 15) is 9.59 Å². The van der Waals surface area contributed by atoms with E-state index in [0.29, 0.717) is 11.4 Å². The van der Waals surface area contributed by atoms with Crippen LogP contribution in [0.5, 0.6) is 0 Å². The van der Waals surface area contributed by atoms with Crippen molar-refractivity contribution in [2.45, 2.75) is 32.9 Å². The van der Waals surface area contributed by atoms with Crippen LogP contribution in [0.25, 0.3) is 0 Å². The zero-order valence-electron chi connectivity index (χ0n) is 10.6. The minimum absolute atomic E-state index is 0.128. The molecule has 0 aliphatic carbocycles. The second-order valence-electron chi connectivity index (χ2n) is 4.23. The Labute approximate surface area is 105 Å². The highest BCUT2D eigenvalue weighted by Gasteiger charge is 2.18. The SMILES string of the molecule is CC(C)Nc1ncccc1C(=O)NC(C)C(=O)O. The van der Waals surface area contributed by atoms with Gasteiger partial charge in [-0.25, -0.2) is 4.98 Å². The van der Waals surface area contributed by atoms with Gasteiger partial charge in [-0.3, -0.25) is 9.59 Å². The number of rotatable bonds is 5. The van der Waals surface area contributed by atoms with Gasteiger partial charge in [0.05, 0.1) is 5.56 Å². The summed E-state index contributed by atoms with van der Waals surface area (Å²) >= 11 is 0. The van der Waals surface area contributed by atoms with E-state index in [1.54, 1.807) is 18.3 Å². The third kappa shape index (κ3) is 3.73. The smallest absolute Gasteiger partial charge is 0.325 e. The molecule has 0 aliphatic rings. The summed E-state index contributed by atoms with van der Waals surface area (Å²) in [5.74, 6) is -1.09. The number of nitrogens with one attached hydrogen (secondary N) is 2. The van der Waals surface area contributed by atoms with Crippen molar-refractivity contribution in [1.82, 2.24) is 10.3 Å². The first-order valence-electron chi connectivity index (χ1n) is 5.67. The van der Waals surface area contributed by atoms with Crippen LogP contribution in [0.1, 0.15) is 31.1 Å². The summed E-state index contributed by atoms with van der Waals surface area (Å²) in [7, 11) is 0. The number of anilines is 1. The molecule has 1 aromatic heterocycles. The number of pyridine rings is 1. The van der Waals surface area contributed by atoms with Crippen molar-refractivity contribution in [3.8, 4) is 0 Å². The molecule has 0 spiro atoms. The number of carboxylic acid groups (broad SMARTS) is 1. The molecule has 6 nitrogen and oxygen atoms in total. The lowest BCUT2D eigenvalue weighted by Crippen LogP contribution is -2.38. The zero-order chi connectivity index (χ0) is 13.7. The normalized spacial score (nSPS) is 12.0. The highest BCUT2D eigenvalue weighted by Crippen LogP contribution is 2.12. The summed E-state index contributed by atoms with van der Waals surface area (Å²) in [5.41, 5.74) is 0.333. The summed E-state index contributed by atoms with van der Waals surface area (Å²) < 4.78 is 0. The largest absolute Gasteiger partial charge is 0.480 e. The quantitative estimate of drug-likeness (QED) is 0.729. The molecule has 0 bridgehead atoms. The molecule has 18 heavy (non-hydrogen) atoms. The molecule has 1 rings (SSSR count). The van der Waals surface area contributed by atoms with Crippen molar-refractivity contribution >= 4 is 17.7 Å². The van der Waals surface area contributed by atoms with Crippen LogP contribution in [0.3, 0.4) is 0 Å². The molecular weight excluding hydrogens is 234 g/mol. The molecule has 1 heterocycles. The van der Waals surface area contributed by atoms with Gasteiger partial charge in [-0.1, -0.05) is 0 Å². The fourth-order valence-electron chi connectivity index (χ4n) is 1.31. The second-order valence-corrected chi connectivity index (χ2v) is 4.23. The van der Waals surface area contributed by atoms with E-state index in [4.69, 9.17) is 5.11 Å². The predicted molar refractivity (Wildman–Crippen MR) is 67.6 cm³/mol. The third-order valence-corrected chi connectivity index (χ3v) is 2.20. The van der Waals surface area contributed by atoms with Crippen molar-refractivity contribution in [2.75, 3.05) is 5.32 Å². The molecule has 0 aliphatic heterocycles. The lowest BCUT2D eigenvalue weighted by molar-refractivity contribution is -0.138. The molecular formula is C12H17N3O3. The first-order valence-corrected chi connectivity index (χ1v) is 5.67. The minimum atomic E-state index is -1.08. The van der Waals surface area contributed by atoms with E-state index in [1.807, 2.05) is 13.8 Å². The maximum absolute atomic E-state index is 11.9. The summed E-state index contributed by atoms with van der Waals surface area (Å²) in [4.78, 5) is 26.7. The van der Waals surface area contributed by atoms with E-state index >= 15 is 0 Å². The monoisotopic (exact) mass is 251 g/mol. The number of amides is 1. The molecule has 0 aromatic carbocycles. The van der Waals surface area contributed by atoms with Crippen molar-refractivity contribution < 1.29 is 14.7 Å². The number of carbonyl (C=O) groups is 2. The first-order chi connectivity index (χ1) is 8.41. The van der Waals surface area contributed by atoms with Crippen molar-refractivity contribution in [1.29, 1.82) is 0 Å². The van der Waals surface area contributed by atoms with Gasteiger partial charge in [0.25, 0.3) is 5.91 Å². The average molecular weight is 251 g/mol. The van der Waals surface area contributed by atoms with E-state index < -0.39 is 17.9 Å². The lowest BCUT2D eigenvalue weighted by atomic mass is 10.2. The number of nitrogens with zero attached hydrogens (tertiary/aromatic N) is 1. The standard InChI is InChI=1S/C12H17N3O3/c1-7(2)14-10-9(5-4-6-13-10)11(16)15-8(3)12(17)18/h4-8H,1-3H3,(H,13,14)(H,15,16)(H,17,18). The van der Waals surface area contributed by atoms with Crippen LogP contribution in [0.2, 0.25) is 0 Å². The zero-order valence-corrected chi connectivity index (χ0v) is 10.6. The van der Waals surface area contributed by atoms with E-state index in [0.717, 1.165) is 0 Å². The minimum Gasteiger partial charge on any atom is -0.480 e. The number of aromatic nitrogens is 1. The molecule has 1 aromatic rings. The Morgan fingerprint density at radius 3 is 2.56 bits per heavy atom. The Balaban J connectivity index is 2.88. The molecule has 3 N–H and O–H groups in total. The topological polar surface area (TPSA) is 91.3 Å². The van der Waals surface area contributed by atoms with Crippen LogP contribution in [0, 0.1) is 0 Å². The molecule has 1 amide bonds. The Morgan fingerprint density at radius 1 is 1.33 bits per heavy atom. The Hall–Kier alpha value is -2.11. The number of carboxylic acids is 1. The van der Waals surface area contributed by atoms with Crippen LogP contribution in [-0.2, 0) is 4.79 Å².